The molecule has 2 rings (SSSR count). The molecule has 1 aliphatic rings. The summed E-state index contributed by atoms with van der Waals surface area (Å²) in [7, 11) is 1.68. The van der Waals surface area contributed by atoms with Crippen LogP contribution in [0, 0.1) is 25.2 Å². The summed E-state index contributed by atoms with van der Waals surface area (Å²) in [5.41, 5.74) is 3.22. The number of aromatic nitrogens is 1. The second kappa shape index (κ2) is 7.98. The van der Waals surface area contributed by atoms with Gasteiger partial charge in [0.15, 0.2) is 0 Å². The molecule has 0 radical (unpaired) electrons. The van der Waals surface area contributed by atoms with E-state index in [0.717, 1.165) is 49.2 Å². The fourth-order valence-corrected chi connectivity index (χ4v) is 3.14. The van der Waals surface area contributed by atoms with Crippen molar-refractivity contribution in [2.45, 2.75) is 52.1 Å². The average Bonchev–Trinajstić information content (AvgIpc) is 3.12. The number of nitriles is 1. The Kier molecular flexibility index (Phi) is 6.00. The highest BCUT2D eigenvalue weighted by molar-refractivity contribution is 6.02. The quantitative estimate of drug-likeness (QED) is 0.648. The first-order valence-corrected chi connectivity index (χ1v) is 8.15. The van der Waals surface area contributed by atoms with Crippen molar-refractivity contribution in [3.8, 4) is 6.07 Å². The molecule has 5 nitrogen and oxygen atoms in total. The minimum absolute atomic E-state index is 0.170. The van der Waals surface area contributed by atoms with Gasteiger partial charge in [-0.1, -0.05) is 12.8 Å². The molecular weight excluding hydrogens is 290 g/mol. The molecule has 1 N–H and O–H groups in total. The van der Waals surface area contributed by atoms with Gasteiger partial charge in [0.25, 0.3) is 5.91 Å². The number of hydrogen-bond acceptors (Lipinski definition) is 3. The van der Waals surface area contributed by atoms with Crippen molar-refractivity contribution in [1.82, 2.24) is 9.88 Å². The lowest BCUT2D eigenvalue weighted by atomic mass is 10.1. The molecule has 1 fully saturated rings. The van der Waals surface area contributed by atoms with Gasteiger partial charge in [-0.3, -0.25) is 4.79 Å². The molecule has 0 aliphatic heterocycles. The Balaban J connectivity index is 2.17. The summed E-state index contributed by atoms with van der Waals surface area (Å²) in [5, 5.41) is 12.3. The van der Waals surface area contributed by atoms with Gasteiger partial charge >= 0.3 is 0 Å². The highest BCUT2D eigenvalue weighted by Gasteiger charge is 2.19. The van der Waals surface area contributed by atoms with Crippen molar-refractivity contribution in [3.05, 3.63) is 28.6 Å². The molecule has 23 heavy (non-hydrogen) atoms. The van der Waals surface area contributed by atoms with Crippen molar-refractivity contribution in [3.63, 3.8) is 0 Å². The third kappa shape index (κ3) is 4.23. The predicted octanol–water partition coefficient (Wildman–Crippen LogP) is 2.72. The van der Waals surface area contributed by atoms with Crippen LogP contribution < -0.4 is 5.32 Å². The van der Waals surface area contributed by atoms with Crippen molar-refractivity contribution in [1.29, 1.82) is 5.26 Å². The molecule has 1 aliphatic carbocycles. The van der Waals surface area contributed by atoms with Crippen LogP contribution in [0.3, 0.4) is 0 Å². The fraction of sp³-hybridized carbons (Fsp3) is 0.556. The lowest BCUT2D eigenvalue weighted by Gasteiger charge is -2.11. The maximum atomic E-state index is 12.3. The molecule has 124 valence electrons. The van der Waals surface area contributed by atoms with Crippen molar-refractivity contribution >= 4 is 12.0 Å². The third-order valence-electron chi connectivity index (χ3n) is 4.49. The van der Waals surface area contributed by atoms with Crippen LogP contribution in [0.2, 0.25) is 0 Å². The standard InChI is InChI=1S/C18H25N3O2/c1-13-10-15(14(2)21(13)8-9-23-3)11-16(12-19)18(22)20-17-6-4-5-7-17/h10-11,17H,4-9H2,1-3H3,(H,20,22)/b16-11-. The van der Waals surface area contributed by atoms with E-state index in [9.17, 15) is 10.1 Å². The fourth-order valence-electron chi connectivity index (χ4n) is 3.14. The van der Waals surface area contributed by atoms with Crippen LogP contribution in [0.4, 0.5) is 0 Å². The molecule has 0 atom stereocenters. The molecule has 0 aromatic carbocycles. The van der Waals surface area contributed by atoms with Crippen molar-refractivity contribution in [2.24, 2.45) is 0 Å². The maximum Gasteiger partial charge on any atom is 0.262 e. The van der Waals surface area contributed by atoms with E-state index in [-0.39, 0.29) is 17.5 Å². The van der Waals surface area contributed by atoms with Crippen LogP contribution in [-0.2, 0) is 16.1 Å². The highest BCUT2D eigenvalue weighted by Crippen LogP contribution is 2.20. The van der Waals surface area contributed by atoms with Crippen LogP contribution in [0.1, 0.15) is 42.6 Å². The Bertz CT molecular complexity index is 631. The summed E-state index contributed by atoms with van der Waals surface area (Å²) >= 11 is 0. The second-order valence-corrected chi connectivity index (χ2v) is 6.10. The number of methoxy groups -OCH3 is 1. The number of aryl methyl sites for hydroxylation is 1. The number of nitrogens with zero attached hydrogens (tertiary/aromatic N) is 2. The predicted molar refractivity (Wildman–Crippen MR) is 89.8 cm³/mol. The number of amides is 1. The maximum absolute atomic E-state index is 12.3. The first-order chi connectivity index (χ1) is 11.1. The zero-order valence-corrected chi connectivity index (χ0v) is 14.2. The van der Waals surface area contributed by atoms with E-state index in [0.29, 0.717) is 6.61 Å². The van der Waals surface area contributed by atoms with Gasteiger partial charge in [-0.05, 0) is 44.4 Å². The normalized spacial score (nSPS) is 15.7. The molecule has 1 aromatic heterocycles. The number of nitrogens with one attached hydrogen (secondary N) is 1. The van der Waals surface area contributed by atoms with Crippen LogP contribution in [-0.4, -0.2) is 30.2 Å². The summed E-state index contributed by atoms with van der Waals surface area (Å²) in [6.07, 6.45) is 6.01. The number of rotatable bonds is 6. The highest BCUT2D eigenvalue weighted by atomic mass is 16.5. The molecule has 1 heterocycles. The topological polar surface area (TPSA) is 67.0 Å². The van der Waals surface area contributed by atoms with Crippen LogP contribution in [0.15, 0.2) is 11.6 Å². The van der Waals surface area contributed by atoms with Gasteiger partial charge in [0, 0.05) is 31.1 Å². The minimum Gasteiger partial charge on any atom is -0.383 e. The summed E-state index contributed by atoms with van der Waals surface area (Å²) in [5.74, 6) is -0.263. The van der Waals surface area contributed by atoms with Gasteiger partial charge in [-0.2, -0.15) is 5.26 Å². The van der Waals surface area contributed by atoms with E-state index in [4.69, 9.17) is 4.74 Å². The van der Waals surface area contributed by atoms with Gasteiger partial charge in [0.2, 0.25) is 0 Å². The number of carbonyl (C=O) groups is 1. The van der Waals surface area contributed by atoms with Crippen LogP contribution in [0.5, 0.6) is 0 Å². The molecule has 1 amide bonds. The van der Waals surface area contributed by atoms with E-state index < -0.39 is 0 Å². The molecule has 0 unspecified atom stereocenters. The first kappa shape index (κ1) is 17.3. The lowest BCUT2D eigenvalue weighted by Crippen LogP contribution is -2.33. The summed E-state index contributed by atoms with van der Waals surface area (Å²) in [4.78, 5) is 12.3. The van der Waals surface area contributed by atoms with Crippen LogP contribution >= 0.6 is 0 Å². The van der Waals surface area contributed by atoms with Gasteiger partial charge < -0.3 is 14.6 Å². The molecule has 0 bridgehead atoms. The molecular formula is C18H25N3O2. The Morgan fingerprint density at radius 3 is 2.78 bits per heavy atom. The molecule has 1 aromatic rings. The van der Waals surface area contributed by atoms with E-state index in [2.05, 4.69) is 9.88 Å². The third-order valence-corrected chi connectivity index (χ3v) is 4.49. The average molecular weight is 315 g/mol. The van der Waals surface area contributed by atoms with Gasteiger partial charge in [0.05, 0.1) is 6.61 Å². The zero-order valence-electron chi connectivity index (χ0n) is 14.2. The summed E-state index contributed by atoms with van der Waals surface area (Å²) < 4.78 is 7.27. The van der Waals surface area contributed by atoms with E-state index in [1.54, 1.807) is 13.2 Å². The Morgan fingerprint density at radius 2 is 2.17 bits per heavy atom. The van der Waals surface area contributed by atoms with E-state index in [1.165, 1.54) is 0 Å². The van der Waals surface area contributed by atoms with Crippen molar-refractivity contribution < 1.29 is 9.53 Å². The Labute approximate surface area is 137 Å². The van der Waals surface area contributed by atoms with Gasteiger partial charge in [-0.15, -0.1) is 0 Å². The number of carbonyl (C=O) groups excluding carboxylic acids is 1. The molecule has 0 spiro atoms. The Morgan fingerprint density at radius 1 is 1.48 bits per heavy atom. The summed E-state index contributed by atoms with van der Waals surface area (Å²) in [6.45, 7) is 5.41. The first-order valence-electron chi connectivity index (χ1n) is 8.15. The molecule has 5 heteroatoms. The van der Waals surface area contributed by atoms with Gasteiger partial charge in [0.1, 0.15) is 11.6 Å². The largest absolute Gasteiger partial charge is 0.383 e. The Hall–Kier alpha value is -2.06. The smallest absolute Gasteiger partial charge is 0.262 e. The minimum atomic E-state index is -0.263. The van der Waals surface area contributed by atoms with Crippen LogP contribution in [0.25, 0.3) is 6.08 Å². The SMILES string of the molecule is COCCn1c(C)cc(/C=C(/C#N)C(=O)NC2CCCC2)c1C. The summed E-state index contributed by atoms with van der Waals surface area (Å²) in [6, 6.07) is 4.26. The number of ether oxygens (including phenoxy) is 1. The monoisotopic (exact) mass is 315 g/mol. The van der Waals surface area contributed by atoms with Crippen molar-refractivity contribution in [2.75, 3.05) is 13.7 Å². The molecule has 1 saturated carbocycles. The second-order valence-electron chi connectivity index (χ2n) is 6.10. The molecule has 0 saturated heterocycles. The van der Waals surface area contributed by atoms with E-state index >= 15 is 0 Å². The van der Waals surface area contributed by atoms with E-state index in [1.807, 2.05) is 26.0 Å². The zero-order chi connectivity index (χ0) is 16.8. The lowest BCUT2D eigenvalue weighted by molar-refractivity contribution is -0.117. The number of hydrogen-bond donors (Lipinski definition) is 1. The van der Waals surface area contributed by atoms with Gasteiger partial charge in [-0.25, -0.2) is 0 Å².